The summed E-state index contributed by atoms with van der Waals surface area (Å²) in [6.45, 7) is 6.91. The smallest absolute Gasteiger partial charge is 0.253 e. The van der Waals surface area contributed by atoms with Gasteiger partial charge in [-0.2, -0.15) is 0 Å². The van der Waals surface area contributed by atoms with Gasteiger partial charge in [0, 0.05) is 12.4 Å². The zero-order valence-electron chi connectivity index (χ0n) is 9.87. The van der Waals surface area contributed by atoms with Gasteiger partial charge in [0.05, 0.1) is 12.1 Å². The monoisotopic (exact) mass is 232 g/mol. The number of nitrogens with zero attached hydrogens (tertiary/aromatic N) is 1. The van der Waals surface area contributed by atoms with E-state index in [1.165, 1.54) is 0 Å². The maximum absolute atomic E-state index is 11.6. The van der Waals surface area contributed by atoms with Crippen LogP contribution in [-0.4, -0.2) is 25.5 Å². The molecule has 1 rings (SSSR count). The van der Waals surface area contributed by atoms with Crippen molar-refractivity contribution in [3.8, 4) is 11.5 Å². The molecule has 0 radical (unpaired) electrons. The van der Waals surface area contributed by atoms with Gasteiger partial charge in [-0.1, -0.05) is 25.6 Å². The highest BCUT2D eigenvalue weighted by molar-refractivity contribution is 6.83. The topological polar surface area (TPSA) is 42.0 Å². The molecule has 0 aromatic carbocycles. The predicted octanol–water partition coefficient (Wildman–Crippen LogP) is 1.69. The Labute approximate surface area is 97.3 Å². The second-order valence-electron chi connectivity index (χ2n) is 4.48. The second kappa shape index (κ2) is 5.47. The Hall–Kier alpha value is -1.60. The third kappa shape index (κ3) is 4.76. The summed E-state index contributed by atoms with van der Waals surface area (Å²) in [4.78, 5) is 15.4. The van der Waals surface area contributed by atoms with Crippen LogP contribution in [0.3, 0.4) is 0 Å². The summed E-state index contributed by atoms with van der Waals surface area (Å²) in [5.41, 5.74) is 3.75. The first-order chi connectivity index (χ1) is 7.49. The Kier molecular flexibility index (Phi) is 4.26. The van der Waals surface area contributed by atoms with Crippen molar-refractivity contribution >= 4 is 14.0 Å². The summed E-state index contributed by atoms with van der Waals surface area (Å²) in [6.07, 6.45) is 3.18. The highest BCUT2D eigenvalue weighted by Crippen LogP contribution is 1.96. The fourth-order valence-corrected chi connectivity index (χ4v) is 1.65. The average Bonchev–Trinajstić information content (AvgIpc) is 2.24. The van der Waals surface area contributed by atoms with Crippen molar-refractivity contribution in [3.05, 3.63) is 30.1 Å². The maximum atomic E-state index is 11.6. The number of hydrogen-bond donors (Lipinski definition) is 1. The summed E-state index contributed by atoms with van der Waals surface area (Å²) in [7, 11) is -1.33. The van der Waals surface area contributed by atoms with Gasteiger partial charge in [-0.05, 0) is 12.1 Å². The summed E-state index contributed by atoms with van der Waals surface area (Å²) < 4.78 is 0. The fraction of sp³-hybridized carbons (Fsp3) is 0.333. The van der Waals surface area contributed by atoms with Gasteiger partial charge in [0.1, 0.15) is 8.07 Å². The molecule has 1 heterocycles. The molecule has 0 bridgehead atoms. The summed E-state index contributed by atoms with van der Waals surface area (Å²) in [5, 5.41) is 2.74. The number of hydrogen-bond acceptors (Lipinski definition) is 2. The van der Waals surface area contributed by atoms with Crippen LogP contribution in [0.4, 0.5) is 0 Å². The van der Waals surface area contributed by atoms with Crippen LogP contribution in [0, 0.1) is 11.5 Å². The van der Waals surface area contributed by atoms with Gasteiger partial charge in [-0.25, -0.2) is 0 Å². The van der Waals surface area contributed by atoms with Crippen LogP contribution < -0.4 is 5.32 Å². The molecule has 0 fully saturated rings. The molecule has 4 heteroatoms. The molecule has 0 aliphatic heterocycles. The van der Waals surface area contributed by atoms with Crippen LogP contribution in [0.25, 0.3) is 0 Å². The van der Waals surface area contributed by atoms with E-state index in [9.17, 15) is 4.79 Å². The molecule has 3 nitrogen and oxygen atoms in total. The molecule has 0 atom stereocenters. The predicted molar refractivity (Wildman–Crippen MR) is 67.7 cm³/mol. The van der Waals surface area contributed by atoms with Crippen LogP contribution in [-0.2, 0) is 0 Å². The number of carbonyl (C=O) groups excluding carboxylic acids is 1. The lowest BCUT2D eigenvalue weighted by Gasteiger charge is -2.04. The van der Waals surface area contributed by atoms with Crippen molar-refractivity contribution in [2.24, 2.45) is 0 Å². The molecule has 0 aliphatic carbocycles. The Morgan fingerprint density at radius 3 is 2.81 bits per heavy atom. The molecule has 0 saturated carbocycles. The van der Waals surface area contributed by atoms with Crippen molar-refractivity contribution < 1.29 is 4.79 Å². The van der Waals surface area contributed by atoms with Crippen LogP contribution in [0.2, 0.25) is 19.6 Å². The van der Waals surface area contributed by atoms with Crippen molar-refractivity contribution in [1.82, 2.24) is 10.3 Å². The zero-order valence-corrected chi connectivity index (χ0v) is 10.9. The number of pyridine rings is 1. The number of carbonyl (C=O) groups is 1. The molecule has 0 unspecified atom stereocenters. The van der Waals surface area contributed by atoms with Crippen molar-refractivity contribution in [2.45, 2.75) is 19.6 Å². The highest BCUT2D eigenvalue weighted by atomic mass is 28.3. The quantitative estimate of drug-likeness (QED) is 0.623. The molecular formula is C12H16N2OSi. The van der Waals surface area contributed by atoms with Gasteiger partial charge in [0.15, 0.2) is 0 Å². The first-order valence-corrected chi connectivity index (χ1v) is 8.67. The first-order valence-electron chi connectivity index (χ1n) is 5.17. The number of aromatic nitrogens is 1. The second-order valence-corrected chi connectivity index (χ2v) is 9.23. The van der Waals surface area contributed by atoms with Crippen LogP contribution >= 0.6 is 0 Å². The Morgan fingerprint density at radius 1 is 1.50 bits per heavy atom. The largest absolute Gasteiger partial charge is 0.341 e. The molecule has 1 aromatic heterocycles. The SMILES string of the molecule is C[Si](C)(C)C#CCNC(=O)c1cccnc1. The van der Waals surface area contributed by atoms with E-state index in [1.807, 2.05) is 0 Å². The van der Waals surface area contributed by atoms with Gasteiger partial charge in [0.25, 0.3) is 5.91 Å². The van der Waals surface area contributed by atoms with Crippen LogP contribution in [0.5, 0.6) is 0 Å². The van der Waals surface area contributed by atoms with E-state index >= 15 is 0 Å². The molecular weight excluding hydrogens is 216 g/mol. The Morgan fingerprint density at radius 2 is 2.25 bits per heavy atom. The highest BCUT2D eigenvalue weighted by Gasteiger charge is 2.07. The average molecular weight is 232 g/mol. The summed E-state index contributed by atoms with van der Waals surface area (Å²) >= 11 is 0. The molecule has 0 spiro atoms. The number of amides is 1. The standard InChI is InChI=1S/C12H16N2OSi/c1-16(2,3)9-5-8-14-12(15)11-6-4-7-13-10-11/h4,6-7,10H,8H2,1-3H3,(H,14,15). The van der Waals surface area contributed by atoms with Gasteiger partial charge in [0.2, 0.25) is 0 Å². The van der Waals surface area contributed by atoms with E-state index in [0.29, 0.717) is 12.1 Å². The Balaban J connectivity index is 2.45. The molecule has 16 heavy (non-hydrogen) atoms. The molecule has 84 valence electrons. The lowest BCUT2D eigenvalue weighted by atomic mass is 10.3. The van der Waals surface area contributed by atoms with Gasteiger partial charge in [-0.3, -0.25) is 9.78 Å². The minimum atomic E-state index is -1.33. The van der Waals surface area contributed by atoms with Crippen molar-refractivity contribution in [2.75, 3.05) is 6.54 Å². The number of rotatable bonds is 2. The maximum Gasteiger partial charge on any atom is 0.253 e. The summed E-state index contributed by atoms with van der Waals surface area (Å²) in [6, 6.07) is 3.47. The molecule has 0 saturated heterocycles. The van der Waals surface area contributed by atoms with Gasteiger partial charge >= 0.3 is 0 Å². The van der Waals surface area contributed by atoms with Crippen LogP contribution in [0.15, 0.2) is 24.5 Å². The zero-order chi connectivity index (χ0) is 12.0. The lowest BCUT2D eigenvalue weighted by molar-refractivity contribution is 0.0958. The minimum Gasteiger partial charge on any atom is -0.341 e. The van der Waals surface area contributed by atoms with Crippen molar-refractivity contribution in [1.29, 1.82) is 0 Å². The van der Waals surface area contributed by atoms with E-state index < -0.39 is 8.07 Å². The number of nitrogens with one attached hydrogen (secondary N) is 1. The fourth-order valence-electron chi connectivity index (χ4n) is 1.03. The van der Waals surface area contributed by atoms with Gasteiger partial charge in [-0.15, -0.1) is 5.54 Å². The third-order valence-electron chi connectivity index (χ3n) is 1.72. The van der Waals surface area contributed by atoms with E-state index in [0.717, 1.165) is 0 Å². The van der Waals surface area contributed by atoms with E-state index in [1.54, 1.807) is 24.5 Å². The van der Waals surface area contributed by atoms with Crippen molar-refractivity contribution in [3.63, 3.8) is 0 Å². The first kappa shape index (κ1) is 12.5. The molecule has 0 aliphatic rings. The summed E-state index contributed by atoms with van der Waals surface area (Å²) in [5.74, 6) is 2.86. The Bertz CT molecular complexity index is 412. The molecule has 1 amide bonds. The minimum absolute atomic E-state index is 0.127. The lowest BCUT2D eigenvalue weighted by Crippen LogP contribution is -2.24. The third-order valence-corrected chi connectivity index (χ3v) is 2.65. The van der Waals surface area contributed by atoms with E-state index in [4.69, 9.17) is 0 Å². The van der Waals surface area contributed by atoms with E-state index in [-0.39, 0.29) is 5.91 Å². The molecule has 1 aromatic rings. The normalized spacial score (nSPS) is 10.2. The van der Waals surface area contributed by atoms with E-state index in [2.05, 4.69) is 41.4 Å². The molecule has 1 N–H and O–H groups in total. The van der Waals surface area contributed by atoms with Gasteiger partial charge < -0.3 is 5.32 Å². The van der Waals surface area contributed by atoms with Crippen LogP contribution in [0.1, 0.15) is 10.4 Å².